The van der Waals surface area contributed by atoms with Crippen LogP contribution in [0.4, 0.5) is 10.1 Å². The monoisotopic (exact) mass is 265 g/mol. The molecule has 0 heterocycles. The van der Waals surface area contributed by atoms with Gasteiger partial charge >= 0.3 is 5.97 Å². The Labute approximate surface area is 113 Å². The summed E-state index contributed by atoms with van der Waals surface area (Å²) in [5.74, 6) is -1.31. The first-order valence-electron chi connectivity index (χ1n) is 6.76. The van der Waals surface area contributed by atoms with Gasteiger partial charge in [0, 0.05) is 18.8 Å². The molecular formula is C15H20FNO2. The van der Waals surface area contributed by atoms with Gasteiger partial charge < -0.3 is 10.0 Å². The van der Waals surface area contributed by atoms with Gasteiger partial charge in [-0.15, -0.1) is 0 Å². The van der Waals surface area contributed by atoms with Crippen molar-refractivity contribution in [3.8, 4) is 0 Å². The van der Waals surface area contributed by atoms with Crippen molar-refractivity contribution in [2.45, 2.75) is 38.6 Å². The Kier molecular flexibility index (Phi) is 4.08. The van der Waals surface area contributed by atoms with Crippen molar-refractivity contribution >= 4 is 11.7 Å². The molecule has 0 amide bonds. The lowest BCUT2D eigenvalue weighted by molar-refractivity contribution is 0.0692. The summed E-state index contributed by atoms with van der Waals surface area (Å²) >= 11 is 0. The van der Waals surface area contributed by atoms with Gasteiger partial charge in [0.1, 0.15) is 5.82 Å². The van der Waals surface area contributed by atoms with Gasteiger partial charge in [-0.2, -0.15) is 0 Å². The number of anilines is 1. The molecule has 3 nitrogen and oxygen atoms in total. The minimum atomic E-state index is -1.22. The summed E-state index contributed by atoms with van der Waals surface area (Å²) in [6, 6.07) is 4.76. The largest absolute Gasteiger partial charge is 0.478 e. The topological polar surface area (TPSA) is 40.5 Å². The van der Waals surface area contributed by atoms with Gasteiger partial charge in [-0.3, -0.25) is 0 Å². The van der Waals surface area contributed by atoms with Crippen molar-refractivity contribution in [3.05, 3.63) is 29.6 Å². The fourth-order valence-corrected chi connectivity index (χ4v) is 2.96. The number of carboxylic acids is 1. The molecule has 1 aromatic rings. The zero-order valence-electron chi connectivity index (χ0n) is 11.4. The first kappa shape index (κ1) is 13.8. The first-order valence-corrected chi connectivity index (χ1v) is 6.76. The summed E-state index contributed by atoms with van der Waals surface area (Å²) < 4.78 is 13.7. The van der Waals surface area contributed by atoms with Crippen LogP contribution in [0.3, 0.4) is 0 Å². The molecule has 2 rings (SSSR count). The van der Waals surface area contributed by atoms with E-state index in [-0.39, 0.29) is 5.56 Å². The lowest BCUT2D eigenvalue weighted by atomic mass is 9.85. The molecule has 0 aliphatic heterocycles. The van der Waals surface area contributed by atoms with Crippen LogP contribution in [-0.4, -0.2) is 24.2 Å². The Bertz CT molecular complexity index is 475. The molecule has 0 saturated heterocycles. The average molecular weight is 265 g/mol. The van der Waals surface area contributed by atoms with Gasteiger partial charge in [0.15, 0.2) is 0 Å². The van der Waals surface area contributed by atoms with E-state index in [1.165, 1.54) is 31.4 Å². The Morgan fingerprint density at radius 2 is 2.05 bits per heavy atom. The van der Waals surface area contributed by atoms with E-state index >= 15 is 0 Å². The molecule has 0 bridgehead atoms. The van der Waals surface area contributed by atoms with E-state index in [0.29, 0.717) is 12.0 Å². The fourth-order valence-electron chi connectivity index (χ4n) is 2.96. The summed E-state index contributed by atoms with van der Waals surface area (Å²) in [7, 11) is 1.96. The quantitative estimate of drug-likeness (QED) is 0.908. The molecule has 0 radical (unpaired) electrons. The van der Waals surface area contributed by atoms with Gasteiger partial charge in [0.2, 0.25) is 0 Å². The standard InChI is InChI=1S/C15H20FNO2/c1-10-5-3-4-6-14(10)17(2)11-7-8-12(15(18)19)13(16)9-11/h7-10,14H,3-6H2,1-2H3,(H,18,19). The molecule has 1 saturated carbocycles. The molecule has 104 valence electrons. The highest BCUT2D eigenvalue weighted by atomic mass is 19.1. The second kappa shape index (κ2) is 5.59. The summed E-state index contributed by atoms with van der Waals surface area (Å²) in [5, 5.41) is 8.83. The van der Waals surface area contributed by atoms with Crippen molar-refractivity contribution in [1.82, 2.24) is 0 Å². The van der Waals surface area contributed by atoms with Gasteiger partial charge in [0.25, 0.3) is 0 Å². The number of carboxylic acid groups (broad SMARTS) is 1. The number of carbonyl (C=O) groups is 1. The van der Waals surface area contributed by atoms with Crippen LogP contribution in [0.25, 0.3) is 0 Å². The molecule has 1 aliphatic carbocycles. The molecule has 19 heavy (non-hydrogen) atoms. The number of halogens is 1. The number of benzene rings is 1. The van der Waals surface area contributed by atoms with Gasteiger partial charge in [-0.25, -0.2) is 9.18 Å². The smallest absolute Gasteiger partial charge is 0.338 e. The third kappa shape index (κ3) is 2.88. The van der Waals surface area contributed by atoms with Gasteiger partial charge in [0.05, 0.1) is 5.56 Å². The van der Waals surface area contributed by atoms with E-state index < -0.39 is 11.8 Å². The Morgan fingerprint density at radius 3 is 2.63 bits per heavy atom. The summed E-state index contributed by atoms with van der Waals surface area (Å²) in [6.45, 7) is 2.22. The van der Waals surface area contributed by atoms with E-state index in [4.69, 9.17) is 5.11 Å². The Balaban J connectivity index is 2.21. The van der Waals surface area contributed by atoms with Crippen LogP contribution in [0, 0.1) is 11.7 Å². The molecular weight excluding hydrogens is 245 g/mol. The molecule has 2 unspecified atom stereocenters. The SMILES string of the molecule is CC1CCCCC1N(C)c1ccc(C(=O)O)c(F)c1. The van der Waals surface area contributed by atoms with Crippen LogP contribution >= 0.6 is 0 Å². The maximum Gasteiger partial charge on any atom is 0.338 e. The molecule has 1 fully saturated rings. The van der Waals surface area contributed by atoms with Crippen LogP contribution < -0.4 is 4.90 Å². The number of aromatic carboxylic acids is 1. The predicted molar refractivity (Wildman–Crippen MR) is 73.2 cm³/mol. The van der Waals surface area contributed by atoms with E-state index in [0.717, 1.165) is 12.1 Å². The van der Waals surface area contributed by atoms with Gasteiger partial charge in [-0.1, -0.05) is 19.8 Å². The zero-order valence-corrected chi connectivity index (χ0v) is 11.4. The maximum absolute atomic E-state index is 13.7. The number of hydrogen-bond donors (Lipinski definition) is 1. The van der Waals surface area contributed by atoms with Crippen molar-refractivity contribution < 1.29 is 14.3 Å². The van der Waals surface area contributed by atoms with E-state index in [2.05, 4.69) is 11.8 Å². The van der Waals surface area contributed by atoms with Crippen molar-refractivity contribution in [2.24, 2.45) is 5.92 Å². The second-order valence-electron chi connectivity index (χ2n) is 5.41. The molecule has 0 aromatic heterocycles. The Hall–Kier alpha value is -1.58. The van der Waals surface area contributed by atoms with Crippen LogP contribution in [-0.2, 0) is 0 Å². The number of rotatable bonds is 3. The number of nitrogens with zero attached hydrogens (tertiary/aromatic N) is 1. The van der Waals surface area contributed by atoms with E-state index in [1.54, 1.807) is 6.07 Å². The zero-order chi connectivity index (χ0) is 14.0. The predicted octanol–water partition coefficient (Wildman–Crippen LogP) is 3.54. The average Bonchev–Trinajstić information content (AvgIpc) is 2.38. The summed E-state index contributed by atoms with van der Waals surface area (Å²) in [4.78, 5) is 12.9. The highest BCUT2D eigenvalue weighted by Gasteiger charge is 2.25. The van der Waals surface area contributed by atoms with Crippen LogP contribution in [0.5, 0.6) is 0 Å². The van der Waals surface area contributed by atoms with Crippen molar-refractivity contribution in [1.29, 1.82) is 0 Å². The van der Waals surface area contributed by atoms with Crippen molar-refractivity contribution in [3.63, 3.8) is 0 Å². The lowest BCUT2D eigenvalue weighted by Crippen LogP contribution is -2.39. The molecule has 1 aliphatic rings. The highest BCUT2D eigenvalue weighted by Crippen LogP contribution is 2.31. The maximum atomic E-state index is 13.7. The highest BCUT2D eigenvalue weighted by molar-refractivity contribution is 5.88. The van der Waals surface area contributed by atoms with E-state index in [1.807, 2.05) is 7.05 Å². The molecule has 2 atom stereocenters. The third-order valence-corrected chi connectivity index (χ3v) is 4.15. The second-order valence-corrected chi connectivity index (χ2v) is 5.41. The molecule has 4 heteroatoms. The van der Waals surface area contributed by atoms with Crippen LogP contribution in [0.2, 0.25) is 0 Å². The van der Waals surface area contributed by atoms with E-state index in [9.17, 15) is 9.18 Å². The van der Waals surface area contributed by atoms with Crippen LogP contribution in [0.1, 0.15) is 43.0 Å². The first-order chi connectivity index (χ1) is 9.00. The van der Waals surface area contributed by atoms with Crippen LogP contribution in [0.15, 0.2) is 18.2 Å². The molecule has 1 aromatic carbocycles. The number of hydrogen-bond acceptors (Lipinski definition) is 2. The normalized spacial score (nSPS) is 23.1. The molecule has 0 spiro atoms. The summed E-state index contributed by atoms with van der Waals surface area (Å²) in [6.07, 6.45) is 4.78. The van der Waals surface area contributed by atoms with Gasteiger partial charge in [-0.05, 0) is 37.0 Å². The lowest BCUT2D eigenvalue weighted by Gasteiger charge is -2.37. The Morgan fingerprint density at radius 1 is 1.37 bits per heavy atom. The van der Waals surface area contributed by atoms with Crippen molar-refractivity contribution in [2.75, 3.05) is 11.9 Å². The third-order valence-electron chi connectivity index (χ3n) is 4.15. The fraction of sp³-hybridized carbons (Fsp3) is 0.533. The minimum absolute atomic E-state index is 0.270. The minimum Gasteiger partial charge on any atom is -0.478 e. The summed E-state index contributed by atoms with van der Waals surface area (Å²) in [5.41, 5.74) is 0.482. The molecule has 1 N–H and O–H groups in total.